The quantitative estimate of drug-likeness (QED) is 0.505. The number of likely N-dealkylation sites (tertiary alicyclic amines) is 1. The molecule has 0 aliphatic carbocycles. The third kappa shape index (κ3) is 5.15. The van der Waals surface area contributed by atoms with Gasteiger partial charge in [0.1, 0.15) is 18.5 Å². The minimum atomic E-state index is -0.674. The van der Waals surface area contributed by atoms with E-state index in [0.717, 1.165) is 37.0 Å². The molecule has 1 amide bonds. The molecule has 4 rings (SSSR count). The summed E-state index contributed by atoms with van der Waals surface area (Å²) < 4.78 is 7.55. The number of imidazole rings is 1. The molecule has 9 heteroatoms. The highest BCUT2D eigenvalue weighted by molar-refractivity contribution is 6.31. The molecule has 1 atom stereocenters. The van der Waals surface area contributed by atoms with E-state index in [1.807, 2.05) is 24.3 Å². The second kappa shape index (κ2) is 9.77. The number of para-hydroxylation sites is 2. The number of nitrogens with zero attached hydrogens (tertiary/aromatic N) is 2. The van der Waals surface area contributed by atoms with E-state index < -0.39 is 6.10 Å². The van der Waals surface area contributed by atoms with Crippen molar-refractivity contribution in [3.8, 4) is 5.75 Å². The fourth-order valence-electron chi connectivity index (χ4n) is 4.24. The van der Waals surface area contributed by atoms with Crippen molar-refractivity contribution in [2.24, 2.45) is 0 Å². The average Bonchev–Trinajstić information content (AvgIpc) is 3.08. The average molecular weight is 459 g/mol. The standard InChI is InChI=1S/C23H27ClN4O4/c1-15(29)25-20-4-2-3-5-22(20)32-14-18(30)13-27-10-8-17(9-11-27)28-21-12-16(24)6-7-19(21)26-23(28)31/h2-7,12,17-18,30H,8-11,13-14H2,1H3,(H,25,29)(H,26,31). The van der Waals surface area contributed by atoms with Gasteiger partial charge in [-0.2, -0.15) is 0 Å². The molecule has 0 spiro atoms. The SMILES string of the molecule is CC(=O)Nc1ccccc1OCC(O)CN1CCC(n2c(=O)[nH]c3ccc(Cl)cc32)CC1. The number of aliphatic hydroxyl groups excluding tert-OH is 1. The van der Waals surface area contributed by atoms with Gasteiger partial charge in [0.05, 0.1) is 16.7 Å². The molecule has 32 heavy (non-hydrogen) atoms. The third-order valence-electron chi connectivity index (χ3n) is 5.70. The van der Waals surface area contributed by atoms with Gasteiger partial charge < -0.3 is 25.0 Å². The van der Waals surface area contributed by atoms with Crippen molar-refractivity contribution in [1.29, 1.82) is 0 Å². The lowest BCUT2D eigenvalue weighted by molar-refractivity contribution is -0.114. The van der Waals surface area contributed by atoms with Crippen LogP contribution < -0.4 is 15.7 Å². The van der Waals surface area contributed by atoms with Crippen molar-refractivity contribution < 1.29 is 14.6 Å². The highest BCUT2D eigenvalue weighted by atomic mass is 35.5. The van der Waals surface area contributed by atoms with Crippen molar-refractivity contribution in [2.75, 3.05) is 31.6 Å². The van der Waals surface area contributed by atoms with Crippen LogP contribution in [0.2, 0.25) is 5.02 Å². The number of aromatic nitrogens is 2. The van der Waals surface area contributed by atoms with Crippen LogP contribution in [0.3, 0.4) is 0 Å². The number of fused-ring (bicyclic) bond motifs is 1. The lowest BCUT2D eigenvalue weighted by atomic mass is 10.0. The second-order valence-electron chi connectivity index (χ2n) is 8.14. The van der Waals surface area contributed by atoms with Crippen LogP contribution in [0, 0.1) is 0 Å². The first kappa shape index (κ1) is 22.4. The zero-order valence-electron chi connectivity index (χ0n) is 17.9. The Bertz CT molecular complexity index is 1150. The second-order valence-corrected chi connectivity index (χ2v) is 8.57. The van der Waals surface area contributed by atoms with E-state index in [4.69, 9.17) is 16.3 Å². The number of carbonyl (C=O) groups excluding carboxylic acids is 1. The van der Waals surface area contributed by atoms with Gasteiger partial charge in [-0.1, -0.05) is 23.7 Å². The van der Waals surface area contributed by atoms with Crippen LogP contribution in [0.1, 0.15) is 25.8 Å². The van der Waals surface area contributed by atoms with Gasteiger partial charge in [-0.05, 0) is 43.2 Å². The normalized spacial score (nSPS) is 16.2. The Labute approximate surface area is 190 Å². The Morgan fingerprint density at radius 3 is 2.78 bits per heavy atom. The Morgan fingerprint density at radius 1 is 1.28 bits per heavy atom. The van der Waals surface area contributed by atoms with Crippen LogP contribution in [0.25, 0.3) is 11.0 Å². The molecular weight excluding hydrogens is 432 g/mol. The maximum absolute atomic E-state index is 12.5. The Morgan fingerprint density at radius 2 is 2.03 bits per heavy atom. The number of rotatable bonds is 7. The van der Waals surface area contributed by atoms with Gasteiger partial charge >= 0.3 is 5.69 Å². The minimum Gasteiger partial charge on any atom is -0.489 e. The number of amides is 1. The van der Waals surface area contributed by atoms with Gasteiger partial charge in [0.2, 0.25) is 5.91 Å². The predicted molar refractivity (Wildman–Crippen MR) is 125 cm³/mol. The molecule has 2 aromatic carbocycles. The molecule has 3 aromatic rings. The molecule has 8 nitrogen and oxygen atoms in total. The Kier molecular flexibility index (Phi) is 6.83. The van der Waals surface area contributed by atoms with E-state index in [0.29, 0.717) is 23.0 Å². The van der Waals surface area contributed by atoms with Crippen molar-refractivity contribution in [3.63, 3.8) is 0 Å². The molecule has 1 fully saturated rings. The van der Waals surface area contributed by atoms with Gasteiger partial charge in [0, 0.05) is 37.6 Å². The first-order chi connectivity index (χ1) is 15.4. The molecule has 1 aliphatic heterocycles. The monoisotopic (exact) mass is 458 g/mol. The summed E-state index contributed by atoms with van der Waals surface area (Å²) in [5.74, 6) is 0.346. The number of halogens is 1. The number of benzene rings is 2. The number of carbonyl (C=O) groups is 1. The van der Waals surface area contributed by atoms with Crippen LogP contribution >= 0.6 is 11.6 Å². The van der Waals surface area contributed by atoms with Crippen LogP contribution in [-0.2, 0) is 4.79 Å². The van der Waals surface area contributed by atoms with Crippen LogP contribution in [0.15, 0.2) is 47.3 Å². The van der Waals surface area contributed by atoms with Crippen LogP contribution in [0.5, 0.6) is 5.75 Å². The number of β-amino-alcohol motifs (C(OH)–C–C–N with tert-alkyl or cyclic N) is 1. The summed E-state index contributed by atoms with van der Waals surface area (Å²) >= 11 is 6.13. The largest absolute Gasteiger partial charge is 0.489 e. The van der Waals surface area contributed by atoms with Gasteiger partial charge in [-0.3, -0.25) is 9.36 Å². The molecule has 0 radical (unpaired) electrons. The number of aromatic amines is 1. The molecule has 1 unspecified atom stereocenters. The minimum absolute atomic E-state index is 0.0869. The fourth-order valence-corrected chi connectivity index (χ4v) is 4.41. The van der Waals surface area contributed by atoms with E-state index in [1.165, 1.54) is 6.92 Å². The summed E-state index contributed by atoms with van der Waals surface area (Å²) in [4.78, 5) is 28.9. The first-order valence-corrected chi connectivity index (χ1v) is 11.1. The summed E-state index contributed by atoms with van der Waals surface area (Å²) in [6.07, 6.45) is 0.933. The number of aliphatic hydroxyl groups is 1. The van der Waals surface area contributed by atoms with Crippen LogP contribution in [0.4, 0.5) is 5.69 Å². The number of anilines is 1. The van der Waals surface area contributed by atoms with Gasteiger partial charge in [-0.15, -0.1) is 0 Å². The van der Waals surface area contributed by atoms with Gasteiger partial charge in [0.25, 0.3) is 0 Å². The highest BCUT2D eigenvalue weighted by Gasteiger charge is 2.25. The van der Waals surface area contributed by atoms with Crippen LogP contribution in [-0.4, -0.2) is 57.8 Å². The van der Waals surface area contributed by atoms with Crippen molar-refractivity contribution in [2.45, 2.75) is 31.9 Å². The molecular formula is C23H27ClN4O4. The zero-order chi connectivity index (χ0) is 22.7. The molecule has 3 N–H and O–H groups in total. The van der Waals surface area contributed by atoms with E-state index in [2.05, 4.69) is 15.2 Å². The third-order valence-corrected chi connectivity index (χ3v) is 5.93. The summed E-state index contributed by atoms with van der Waals surface area (Å²) in [6, 6.07) is 12.6. The smallest absolute Gasteiger partial charge is 0.326 e. The topological polar surface area (TPSA) is 99.6 Å². The number of ether oxygens (including phenoxy) is 1. The summed E-state index contributed by atoms with van der Waals surface area (Å²) in [5.41, 5.74) is 2.07. The number of hydrogen-bond acceptors (Lipinski definition) is 5. The molecule has 0 saturated carbocycles. The van der Waals surface area contributed by atoms with Gasteiger partial charge in [-0.25, -0.2) is 4.79 Å². The number of H-pyrrole nitrogens is 1. The molecule has 1 aromatic heterocycles. The maximum atomic E-state index is 12.5. The number of nitrogens with one attached hydrogen (secondary N) is 2. The Balaban J connectivity index is 1.31. The molecule has 1 saturated heterocycles. The summed E-state index contributed by atoms with van der Waals surface area (Å²) in [7, 11) is 0. The highest BCUT2D eigenvalue weighted by Crippen LogP contribution is 2.27. The van der Waals surface area contributed by atoms with E-state index in [9.17, 15) is 14.7 Å². The van der Waals surface area contributed by atoms with Crippen molar-refractivity contribution >= 4 is 34.2 Å². The molecule has 2 heterocycles. The van der Waals surface area contributed by atoms with Crippen molar-refractivity contribution in [3.05, 3.63) is 58.0 Å². The van der Waals surface area contributed by atoms with E-state index >= 15 is 0 Å². The number of hydrogen-bond donors (Lipinski definition) is 3. The molecule has 1 aliphatic rings. The fraction of sp³-hybridized carbons (Fsp3) is 0.391. The number of piperidine rings is 1. The van der Waals surface area contributed by atoms with Gasteiger partial charge in [0.15, 0.2) is 0 Å². The maximum Gasteiger partial charge on any atom is 0.326 e. The zero-order valence-corrected chi connectivity index (χ0v) is 18.6. The summed E-state index contributed by atoms with van der Waals surface area (Å²) in [5, 5.41) is 13.8. The first-order valence-electron chi connectivity index (χ1n) is 10.7. The lowest BCUT2D eigenvalue weighted by Crippen LogP contribution is -2.42. The summed E-state index contributed by atoms with van der Waals surface area (Å²) in [6.45, 7) is 3.57. The lowest BCUT2D eigenvalue weighted by Gasteiger charge is -2.33. The predicted octanol–water partition coefficient (Wildman–Crippen LogP) is 3.02. The molecule has 0 bridgehead atoms. The van der Waals surface area contributed by atoms with E-state index in [1.54, 1.807) is 22.8 Å². The van der Waals surface area contributed by atoms with E-state index in [-0.39, 0.29) is 24.2 Å². The molecule has 170 valence electrons. The van der Waals surface area contributed by atoms with Crippen molar-refractivity contribution in [1.82, 2.24) is 14.5 Å². The Hall–Kier alpha value is -2.81.